The number of carbonyl (C=O) groups excluding carboxylic acids is 1. The molecule has 0 bridgehead atoms. The highest BCUT2D eigenvalue weighted by atomic mass is 16.2. The van der Waals surface area contributed by atoms with Crippen LogP contribution >= 0.6 is 0 Å². The number of hydrogen-bond acceptors (Lipinski definition) is 4. The second-order valence-corrected chi connectivity index (χ2v) is 3.97. The molecule has 0 atom stereocenters. The first-order valence-electron chi connectivity index (χ1n) is 5.81. The van der Waals surface area contributed by atoms with Gasteiger partial charge in [-0.1, -0.05) is 0 Å². The lowest BCUT2D eigenvalue weighted by Gasteiger charge is -2.15. The molecule has 6 nitrogen and oxygen atoms in total. The molecule has 0 saturated carbocycles. The normalized spacial score (nSPS) is 10.5. The van der Waals surface area contributed by atoms with Crippen molar-refractivity contribution in [1.82, 2.24) is 19.8 Å². The summed E-state index contributed by atoms with van der Waals surface area (Å²) >= 11 is 0. The fourth-order valence-electron chi connectivity index (χ4n) is 1.53. The van der Waals surface area contributed by atoms with Gasteiger partial charge in [0.15, 0.2) is 0 Å². The van der Waals surface area contributed by atoms with E-state index in [1.165, 1.54) is 0 Å². The van der Waals surface area contributed by atoms with E-state index in [0.717, 1.165) is 19.5 Å². The van der Waals surface area contributed by atoms with Gasteiger partial charge in [-0.15, -0.1) is 0 Å². The minimum Gasteiger partial charge on any atom is -0.340 e. The molecule has 6 heteroatoms. The maximum Gasteiger partial charge on any atom is 0.273 e. The summed E-state index contributed by atoms with van der Waals surface area (Å²) < 4.78 is 1.83. The molecule has 1 amide bonds. The quantitative estimate of drug-likeness (QED) is 0.630. The molecule has 0 aliphatic carbocycles. The zero-order valence-corrected chi connectivity index (χ0v) is 10.5. The number of nitrogens with two attached hydrogens (primary N) is 1. The van der Waals surface area contributed by atoms with E-state index < -0.39 is 0 Å². The Morgan fingerprint density at radius 2 is 2.41 bits per heavy atom. The molecule has 3 N–H and O–H groups in total. The summed E-state index contributed by atoms with van der Waals surface area (Å²) in [4.78, 5) is 17.7. The minimum atomic E-state index is -0.0446. The minimum absolute atomic E-state index is 0.0446. The van der Waals surface area contributed by atoms with Crippen LogP contribution in [0.4, 0.5) is 0 Å². The van der Waals surface area contributed by atoms with Gasteiger partial charge in [0.2, 0.25) is 0 Å². The molecule has 0 fully saturated rings. The fraction of sp³-hybridized carbons (Fsp3) is 0.636. The number of carbonyl (C=O) groups is 1. The van der Waals surface area contributed by atoms with Crippen molar-refractivity contribution in [3.63, 3.8) is 0 Å². The maximum absolute atomic E-state index is 12.0. The molecular formula is C11H21N5O. The van der Waals surface area contributed by atoms with Gasteiger partial charge in [-0.2, -0.15) is 0 Å². The van der Waals surface area contributed by atoms with E-state index in [0.29, 0.717) is 18.8 Å². The number of hydrogen-bond donors (Lipinski definition) is 2. The maximum atomic E-state index is 12.0. The molecule has 0 radical (unpaired) electrons. The van der Waals surface area contributed by atoms with Crippen molar-refractivity contribution in [3.8, 4) is 0 Å². The van der Waals surface area contributed by atoms with E-state index in [9.17, 15) is 4.79 Å². The average Bonchev–Trinajstić information content (AvgIpc) is 2.77. The van der Waals surface area contributed by atoms with Crippen LogP contribution in [0.3, 0.4) is 0 Å². The molecule has 96 valence electrons. The molecular weight excluding hydrogens is 218 g/mol. The van der Waals surface area contributed by atoms with E-state index in [1.54, 1.807) is 24.5 Å². The highest BCUT2D eigenvalue weighted by Crippen LogP contribution is 2.01. The monoisotopic (exact) mass is 239 g/mol. The van der Waals surface area contributed by atoms with Crippen LogP contribution in [0.2, 0.25) is 0 Å². The molecule has 0 aliphatic heterocycles. The Morgan fingerprint density at radius 3 is 3.06 bits per heavy atom. The van der Waals surface area contributed by atoms with E-state index in [-0.39, 0.29) is 5.91 Å². The van der Waals surface area contributed by atoms with E-state index in [2.05, 4.69) is 10.3 Å². The van der Waals surface area contributed by atoms with Crippen molar-refractivity contribution < 1.29 is 4.79 Å². The SMILES string of the molecule is CNCCCN(C)C(=O)c1cn(CCN)cn1. The molecule has 0 spiro atoms. The molecule has 1 aromatic rings. The first kappa shape index (κ1) is 13.7. The number of aromatic nitrogens is 2. The fourth-order valence-corrected chi connectivity index (χ4v) is 1.53. The summed E-state index contributed by atoms with van der Waals surface area (Å²) in [6, 6.07) is 0. The lowest BCUT2D eigenvalue weighted by Crippen LogP contribution is -2.29. The molecule has 0 saturated heterocycles. The zero-order valence-electron chi connectivity index (χ0n) is 10.5. The van der Waals surface area contributed by atoms with Gasteiger partial charge in [-0.05, 0) is 20.0 Å². The third-order valence-electron chi connectivity index (χ3n) is 2.51. The third kappa shape index (κ3) is 4.16. The number of nitrogens with one attached hydrogen (secondary N) is 1. The van der Waals surface area contributed by atoms with E-state index in [4.69, 9.17) is 5.73 Å². The summed E-state index contributed by atoms with van der Waals surface area (Å²) in [5.41, 5.74) is 5.91. The first-order valence-corrected chi connectivity index (χ1v) is 5.81. The van der Waals surface area contributed by atoms with Crippen LogP contribution in [-0.2, 0) is 6.54 Å². The van der Waals surface area contributed by atoms with Crippen molar-refractivity contribution in [1.29, 1.82) is 0 Å². The van der Waals surface area contributed by atoms with Crippen LogP contribution in [0.15, 0.2) is 12.5 Å². The summed E-state index contributed by atoms with van der Waals surface area (Å²) in [6.45, 7) is 2.86. The molecule has 1 heterocycles. The van der Waals surface area contributed by atoms with Crippen molar-refractivity contribution in [2.24, 2.45) is 5.73 Å². The Bertz CT molecular complexity index is 349. The van der Waals surface area contributed by atoms with E-state index in [1.807, 2.05) is 11.6 Å². The largest absolute Gasteiger partial charge is 0.340 e. The first-order chi connectivity index (χ1) is 8.19. The molecule has 0 unspecified atom stereocenters. The predicted octanol–water partition coefficient (Wildman–Crippen LogP) is -0.477. The van der Waals surface area contributed by atoms with Crippen LogP contribution in [0.1, 0.15) is 16.9 Å². The molecule has 1 aromatic heterocycles. The number of imidazole rings is 1. The van der Waals surface area contributed by atoms with Crippen molar-refractivity contribution in [2.75, 3.05) is 33.7 Å². The highest BCUT2D eigenvalue weighted by molar-refractivity contribution is 5.91. The second-order valence-electron chi connectivity index (χ2n) is 3.97. The summed E-state index contributed by atoms with van der Waals surface area (Å²) in [7, 11) is 3.69. The standard InChI is InChI=1S/C11H21N5O/c1-13-5-3-6-15(2)11(17)10-8-16(7-4-12)9-14-10/h8-9,13H,3-7,12H2,1-2H3. The summed E-state index contributed by atoms with van der Waals surface area (Å²) in [6.07, 6.45) is 4.31. The van der Waals surface area contributed by atoms with Gasteiger partial charge in [-0.25, -0.2) is 4.98 Å². The number of amides is 1. The Hall–Kier alpha value is -1.40. The number of nitrogens with zero attached hydrogens (tertiary/aromatic N) is 3. The summed E-state index contributed by atoms with van der Waals surface area (Å²) in [5, 5.41) is 3.05. The third-order valence-corrected chi connectivity index (χ3v) is 2.51. The molecule has 1 rings (SSSR count). The lowest BCUT2D eigenvalue weighted by atomic mass is 10.3. The Labute approximate surface area is 102 Å². The summed E-state index contributed by atoms with van der Waals surface area (Å²) in [5.74, 6) is -0.0446. The Morgan fingerprint density at radius 1 is 1.65 bits per heavy atom. The molecule has 17 heavy (non-hydrogen) atoms. The Kier molecular flexibility index (Phi) is 5.65. The molecule has 0 aliphatic rings. The van der Waals surface area contributed by atoms with Gasteiger partial charge in [0.1, 0.15) is 5.69 Å². The van der Waals surface area contributed by atoms with Crippen LogP contribution in [-0.4, -0.2) is 54.1 Å². The predicted molar refractivity (Wildman–Crippen MR) is 66.8 cm³/mol. The van der Waals surface area contributed by atoms with Crippen molar-refractivity contribution in [3.05, 3.63) is 18.2 Å². The number of rotatable bonds is 7. The van der Waals surface area contributed by atoms with Gasteiger partial charge in [0, 0.05) is 32.9 Å². The molecule has 0 aromatic carbocycles. The van der Waals surface area contributed by atoms with Gasteiger partial charge >= 0.3 is 0 Å². The van der Waals surface area contributed by atoms with Gasteiger partial charge in [0.05, 0.1) is 6.33 Å². The topological polar surface area (TPSA) is 76.2 Å². The van der Waals surface area contributed by atoms with Crippen LogP contribution in [0, 0.1) is 0 Å². The highest BCUT2D eigenvalue weighted by Gasteiger charge is 2.13. The van der Waals surface area contributed by atoms with Gasteiger partial charge in [0.25, 0.3) is 5.91 Å². The Balaban J connectivity index is 2.49. The van der Waals surface area contributed by atoms with Crippen LogP contribution in [0.25, 0.3) is 0 Å². The zero-order chi connectivity index (χ0) is 12.7. The van der Waals surface area contributed by atoms with Crippen molar-refractivity contribution in [2.45, 2.75) is 13.0 Å². The average molecular weight is 239 g/mol. The second kappa shape index (κ2) is 7.03. The van der Waals surface area contributed by atoms with Gasteiger partial charge in [-0.3, -0.25) is 4.79 Å². The van der Waals surface area contributed by atoms with Gasteiger partial charge < -0.3 is 20.5 Å². The van der Waals surface area contributed by atoms with E-state index >= 15 is 0 Å². The van der Waals surface area contributed by atoms with Crippen LogP contribution in [0.5, 0.6) is 0 Å². The van der Waals surface area contributed by atoms with Crippen molar-refractivity contribution >= 4 is 5.91 Å². The van der Waals surface area contributed by atoms with Crippen LogP contribution < -0.4 is 11.1 Å². The smallest absolute Gasteiger partial charge is 0.273 e. The lowest BCUT2D eigenvalue weighted by molar-refractivity contribution is 0.0788.